The third-order valence-corrected chi connectivity index (χ3v) is 7.39. The number of rotatable bonds is 4. The van der Waals surface area contributed by atoms with Crippen molar-refractivity contribution in [3.63, 3.8) is 0 Å². The van der Waals surface area contributed by atoms with E-state index in [2.05, 4.69) is 12.2 Å². The first-order valence-electron chi connectivity index (χ1n) is 8.14. The highest BCUT2D eigenvalue weighted by atomic mass is 32.2. The summed E-state index contributed by atoms with van der Waals surface area (Å²) in [7, 11) is -2.75. The Morgan fingerprint density at radius 1 is 1.20 bits per heavy atom. The Hall–Kier alpha value is -0.130. The molecule has 0 aromatic rings. The van der Waals surface area contributed by atoms with Crippen molar-refractivity contribution in [1.82, 2.24) is 5.32 Å². The second-order valence-corrected chi connectivity index (χ2v) is 9.07. The first-order chi connectivity index (χ1) is 9.56. The minimum absolute atomic E-state index is 0.354. The second kappa shape index (κ2) is 5.58. The van der Waals surface area contributed by atoms with Crippen molar-refractivity contribution in [3.05, 3.63) is 0 Å². The van der Waals surface area contributed by atoms with Gasteiger partial charge in [-0.1, -0.05) is 12.8 Å². The van der Waals surface area contributed by atoms with Crippen LogP contribution in [0.2, 0.25) is 0 Å². The monoisotopic (exact) mass is 301 g/mol. The summed E-state index contributed by atoms with van der Waals surface area (Å²) in [4.78, 5) is 0. The second-order valence-electron chi connectivity index (χ2n) is 6.77. The fourth-order valence-electron chi connectivity index (χ4n) is 4.46. The highest BCUT2D eigenvalue weighted by Crippen LogP contribution is 2.55. The Labute approximate surface area is 122 Å². The van der Waals surface area contributed by atoms with Gasteiger partial charge in [-0.05, 0) is 39.0 Å². The standard InChI is InChI=1S/C15H27NO3S/c1-2-19-14-11-13(15(14)7-3-4-8-15)16-12-5-9-20(17,18)10-6-12/h12-14,16H,2-11H2,1H3. The molecule has 2 unspecified atom stereocenters. The molecule has 2 saturated carbocycles. The highest BCUT2D eigenvalue weighted by Gasteiger charge is 2.56. The summed E-state index contributed by atoms with van der Waals surface area (Å²) >= 11 is 0. The van der Waals surface area contributed by atoms with Crippen LogP contribution in [0.15, 0.2) is 0 Å². The summed E-state index contributed by atoms with van der Waals surface area (Å²) < 4.78 is 28.9. The minimum Gasteiger partial charge on any atom is -0.378 e. The van der Waals surface area contributed by atoms with E-state index in [9.17, 15) is 8.42 Å². The van der Waals surface area contributed by atoms with Crippen LogP contribution in [-0.2, 0) is 14.6 Å². The molecule has 0 bridgehead atoms. The van der Waals surface area contributed by atoms with Gasteiger partial charge in [0, 0.05) is 24.1 Å². The predicted molar refractivity (Wildman–Crippen MR) is 79.5 cm³/mol. The van der Waals surface area contributed by atoms with Crippen LogP contribution >= 0.6 is 0 Å². The summed E-state index contributed by atoms with van der Waals surface area (Å²) in [6, 6.07) is 0.941. The lowest BCUT2D eigenvalue weighted by Crippen LogP contribution is -2.64. The van der Waals surface area contributed by atoms with Crippen molar-refractivity contribution in [1.29, 1.82) is 0 Å². The van der Waals surface area contributed by atoms with Crippen LogP contribution in [0.3, 0.4) is 0 Å². The van der Waals surface area contributed by atoms with Crippen molar-refractivity contribution < 1.29 is 13.2 Å². The van der Waals surface area contributed by atoms with Gasteiger partial charge in [0.15, 0.2) is 0 Å². The van der Waals surface area contributed by atoms with E-state index in [4.69, 9.17) is 4.74 Å². The van der Waals surface area contributed by atoms with Gasteiger partial charge in [-0.2, -0.15) is 0 Å². The normalized spacial score (nSPS) is 36.0. The molecule has 1 N–H and O–H groups in total. The first-order valence-corrected chi connectivity index (χ1v) is 9.96. The molecule has 1 saturated heterocycles. The van der Waals surface area contributed by atoms with Crippen molar-refractivity contribution in [2.45, 2.75) is 70.1 Å². The van der Waals surface area contributed by atoms with E-state index in [1.54, 1.807) is 0 Å². The Kier molecular flexibility index (Phi) is 4.13. The van der Waals surface area contributed by atoms with Crippen molar-refractivity contribution in [2.75, 3.05) is 18.1 Å². The molecule has 0 radical (unpaired) electrons. The van der Waals surface area contributed by atoms with E-state index >= 15 is 0 Å². The van der Waals surface area contributed by atoms with Crippen LogP contribution in [0.4, 0.5) is 0 Å². The van der Waals surface area contributed by atoms with Gasteiger partial charge in [0.1, 0.15) is 9.84 Å². The molecule has 5 heteroatoms. The van der Waals surface area contributed by atoms with Crippen LogP contribution in [0.5, 0.6) is 0 Å². The van der Waals surface area contributed by atoms with Gasteiger partial charge in [0.2, 0.25) is 0 Å². The zero-order valence-corrected chi connectivity index (χ0v) is 13.3. The number of ether oxygens (including phenoxy) is 1. The summed E-state index contributed by atoms with van der Waals surface area (Å²) in [5.74, 6) is 0.721. The molecule has 3 fully saturated rings. The van der Waals surface area contributed by atoms with Gasteiger partial charge in [-0.25, -0.2) is 8.42 Å². The molecule has 3 aliphatic rings. The van der Waals surface area contributed by atoms with Gasteiger partial charge in [0.05, 0.1) is 17.6 Å². The quantitative estimate of drug-likeness (QED) is 0.861. The van der Waals surface area contributed by atoms with E-state index in [-0.39, 0.29) is 0 Å². The Bertz CT molecular complexity index is 428. The summed E-state index contributed by atoms with van der Waals surface area (Å²) in [6.07, 6.45) is 8.31. The molecule has 1 heterocycles. The minimum atomic E-state index is -2.75. The molecule has 0 amide bonds. The van der Waals surface area contributed by atoms with Crippen LogP contribution in [0.25, 0.3) is 0 Å². The lowest BCUT2D eigenvalue weighted by molar-refractivity contribution is -0.132. The number of sulfone groups is 1. The summed E-state index contributed by atoms with van der Waals surface area (Å²) in [5, 5.41) is 3.77. The molecule has 0 aromatic heterocycles. The zero-order valence-electron chi connectivity index (χ0n) is 12.4. The summed E-state index contributed by atoms with van der Waals surface area (Å²) in [5.41, 5.74) is 0.354. The third-order valence-electron chi connectivity index (χ3n) is 5.68. The molecule has 4 nitrogen and oxygen atoms in total. The van der Waals surface area contributed by atoms with Gasteiger partial charge < -0.3 is 10.1 Å². The van der Waals surface area contributed by atoms with Crippen LogP contribution < -0.4 is 5.32 Å². The van der Waals surface area contributed by atoms with Crippen LogP contribution in [0, 0.1) is 5.41 Å². The number of hydrogen-bond donors (Lipinski definition) is 1. The van der Waals surface area contributed by atoms with E-state index < -0.39 is 9.84 Å². The maximum absolute atomic E-state index is 11.5. The molecule has 20 heavy (non-hydrogen) atoms. The SMILES string of the molecule is CCOC1CC(NC2CCS(=O)(=O)CC2)C12CCCC2. The molecular formula is C15H27NO3S. The van der Waals surface area contributed by atoms with E-state index in [0.29, 0.717) is 35.1 Å². The van der Waals surface area contributed by atoms with Gasteiger partial charge >= 0.3 is 0 Å². The zero-order chi connectivity index (χ0) is 14.2. The maximum Gasteiger partial charge on any atom is 0.150 e. The molecular weight excluding hydrogens is 274 g/mol. The van der Waals surface area contributed by atoms with Crippen molar-refractivity contribution in [3.8, 4) is 0 Å². The average Bonchev–Trinajstić information content (AvgIpc) is 2.92. The summed E-state index contributed by atoms with van der Waals surface area (Å²) in [6.45, 7) is 2.89. The third kappa shape index (κ3) is 2.64. The predicted octanol–water partition coefficient (Wildman–Crippen LogP) is 1.89. The molecule has 1 aliphatic heterocycles. The van der Waals surface area contributed by atoms with E-state index in [1.165, 1.54) is 25.7 Å². The van der Waals surface area contributed by atoms with Gasteiger partial charge in [-0.3, -0.25) is 0 Å². The highest BCUT2D eigenvalue weighted by molar-refractivity contribution is 7.91. The fraction of sp³-hybridized carbons (Fsp3) is 1.00. The Morgan fingerprint density at radius 3 is 2.45 bits per heavy atom. The van der Waals surface area contributed by atoms with Crippen molar-refractivity contribution in [2.24, 2.45) is 5.41 Å². The van der Waals surface area contributed by atoms with E-state index in [1.807, 2.05) is 0 Å². The van der Waals surface area contributed by atoms with Crippen LogP contribution in [-0.4, -0.2) is 44.7 Å². The molecule has 116 valence electrons. The van der Waals surface area contributed by atoms with Gasteiger partial charge in [0.25, 0.3) is 0 Å². The molecule has 1 spiro atoms. The number of hydrogen-bond acceptors (Lipinski definition) is 4. The number of nitrogens with one attached hydrogen (secondary N) is 1. The van der Waals surface area contributed by atoms with E-state index in [0.717, 1.165) is 25.9 Å². The van der Waals surface area contributed by atoms with Crippen LogP contribution in [0.1, 0.15) is 51.9 Å². The fourth-order valence-corrected chi connectivity index (χ4v) is 5.95. The van der Waals surface area contributed by atoms with Gasteiger partial charge in [-0.15, -0.1) is 0 Å². The lowest BCUT2D eigenvalue weighted by atomic mass is 9.60. The smallest absolute Gasteiger partial charge is 0.150 e. The largest absolute Gasteiger partial charge is 0.378 e. The molecule has 0 aromatic carbocycles. The first kappa shape index (κ1) is 14.8. The molecule has 3 rings (SSSR count). The maximum atomic E-state index is 11.5. The topological polar surface area (TPSA) is 55.4 Å². The van der Waals surface area contributed by atoms with Crippen molar-refractivity contribution >= 4 is 9.84 Å². The molecule has 2 aliphatic carbocycles. The Morgan fingerprint density at radius 2 is 1.85 bits per heavy atom. The lowest BCUT2D eigenvalue weighted by Gasteiger charge is -2.55. The average molecular weight is 301 g/mol. The molecule has 2 atom stereocenters. The Balaban J connectivity index is 1.58.